The summed E-state index contributed by atoms with van der Waals surface area (Å²) < 4.78 is 48.2. The second kappa shape index (κ2) is 12.1. The monoisotopic (exact) mass is 549 g/mol. The first-order chi connectivity index (χ1) is 18.0. The molecule has 202 valence electrons. The maximum absolute atomic E-state index is 13.5. The Morgan fingerprint density at radius 3 is 2.39 bits per heavy atom. The predicted octanol–water partition coefficient (Wildman–Crippen LogP) is 2.50. The van der Waals surface area contributed by atoms with E-state index in [2.05, 4.69) is 20.0 Å². The zero-order valence-electron chi connectivity index (χ0n) is 20.6. The number of sulfone groups is 1. The highest BCUT2D eigenvalue weighted by atomic mass is 32.2. The van der Waals surface area contributed by atoms with Gasteiger partial charge in [0.15, 0.2) is 15.5 Å². The molecule has 0 amide bonds. The van der Waals surface area contributed by atoms with E-state index < -0.39 is 34.4 Å². The highest BCUT2D eigenvalue weighted by molar-refractivity contribution is 7.90. The molecule has 0 fully saturated rings. The molecule has 15 heteroatoms. The van der Waals surface area contributed by atoms with Crippen LogP contribution in [0.5, 0.6) is 0 Å². The van der Waals surface area contributed by atoms with Crippen molar-refractivity contribution >= 4 is 21.8 Å². The van der Waals surface area contributed by atoms with Crippen LogP contribution in [0.3, 0.4) is 0 Å². The lowest BCUT2D eigenvalue weighted by Gasteiger charge is -2.12. The molecule has 1 aromatic heterocycles. The largest absolute Gasteiger partial charge is 0.569 e. The number of likely N-dealkylation sites (N-methyl/N-ethyl adjacent to an activating group) is 1. The zero-order chi connectivity index (χ0) is 27.9. The number of esters is 2. The van der Waals surface area contributed by atoms with Crippen LogP contribution in [0.1, 0.15) is 17.4 Å². The molecule has 0 unspecified atom stereocenters. The Bertz CT molecular complexity index is 1420. The number of hydrogen-bond acceptors (Lipinski definition) is 10. The average Bonchev–Trinajstić information content (AvgIpc) is 3.32. The number of hydrogen-bond donors (Lipinski definition) is 0. The topological polar surface area (TPSA) is 155 Å². The Kier molecular flexibility index (Phi) is 8.96. The summed E-state index contributed by atoms with van der Waals surface area (Å²) in [6.07, 6.45) is 1.08. The van der Waals surface area contributed by atoms with Crippen LogP contribution < -0.4 is 0 Å². The number of benzene rings is 2. The lowest BCUT2D eigenvalue weighted by atomic mass is 10.1. The van der Waals surface area contributed by atoms with E-state index in [9.17, 15) is 27.6 Å². The minimum Gasteiger partial charge on any atom is -0.569 e. The summed E-state index contributed by atoms with van der Waals surface area (Å²) in [6, 6.07) is 12.8. The number of carbonyl (C=O) groups is 2. The molecule has 38 heavy (non-hydrogen) atoms. The van der Waals surface area contributed by atoms with Crippen LogP contribution in [-0.2, 0) is 28.9 Å². The van der Waals surface area contributed by atoms with Gasteiger partial charge in [-0.1, -0.05) is 0 Å². The van der Waals surface area contributed by atoms with E-state index in [0.717, 1.165) is 11.3 Å². The summed E-state index contributed by atoms with van der Waals surface area (Å²) >= 11 is 0. The van der Waals surface area contributed by atoms with Gasteiger partial charge in [0.25, 0.3) is 6.79 Å². The van der Waals surface area contributed by atoms with E-state index in [4.69, 9.17) is 4.74 Å². The standard InChI is InChI=1S/C23H24FN5O8S/c1-16(30)36-15-37-26-29(32)27(2)12-13-35-23(31)21-14-22(17-4-6-18(24)7-5-17)28(25-21)19-8-10-20(11-9-19)38(3,33)34/h4-11,14H,12-13,15H2,1-3H3/b29-26-. The van der Waals surface area contributed by atoms with E-state index in [1.807, 2.05) is 0 Å². The predicted molar refractivity (Wildman–Crippen MR) is 129 cm³/mol. The molecule has 0 N–H and O–H groups in total. The third-order valence-electron chi connectivity index (χ3n) is 4.95. The summed E-state index contributed by atoms with van der Waals surface area (Å²) in [5.41, 5.74) is 1.35. The highest BCUT2D eigenvalue weighted by Crippen LogP contribution is 2.25. The Labute approximate surface area is 217 Å². The number of ether oxygens (including phenoxy) is 2. The summed E-state index contributed by atoms with van der Waals surface area (Å²) in [6.45, 7) is 0.357. The van der Waals surface area contributed by atoms with Gasteiger partial charge < -0.3 is 19.5 Å². The first-order valence-corrected chi connectivity index (χ1v) is 12.8. The van der Waals surface area contributed by atoms with Gasteiger partial charge in [0.1, 0.15) is 19.0 Å². The average molecular weight is 550 g/mol. The van der Waals surface area contributed by atoms with Gasteiger partial charge >= 0.3 is 11.9 Å². The lowest BCUT2D eigenvalue weighted by molar-refractivity contribution is -0.706. The van der Waals surface area contributed by atoms with Crippen molar-refractivity contribution in [1.29, 1.82) is 0 Å². The smallest absolute Gasteiger partial charge is 0.358 e. The van der Waals surface area contributed by atoms with Crippen molar-refractivity contribution in [2.45, 2.75) is 11.8 Å². The van der Waals surface area contributed by atoms with Crippen molar-refractivity contribution in [3.05, 3.63) is 71.3 Å². The molecule has 0 aliphatic heterocycles. The fraction of sp³-hybridized carbons (Fsp3) is 0.261. The summed E-state index contributed by atoms with van der Waals surface area (Å²) in [7, 11) is -2.06. The van der Waals surface area contributed by atoms with Crippen molar-refractivity contribution in [3.63, 3.8) is 0 Å². The first kappa shape index (κ1) is 28.0. The van der Waals surface area contributed by atoms with E-state index in [1.54, 1.807) is 0 Å². The molecular weight excluding hydrogens is 525 g/mol. The number of halogens is 1. The van der Waals surface area contributed by atoms with Crippen LogP contribution in [0.2, 0.25) is 0 Å². The summed E-state index contributed by atoms with van der Waals surface area (Å²) in [5.74, 6) is -1.85. The lowest BCUT2D eigenvalue weighted by Crippen LogP contribution is -2.30. The Morgan fingerprint density at radius 1 is 1.13 bits per heavy atom. The molecule has 3 rings (SSSR count). The van der Waals surface area contributed by atoms with Crippen LogP contribution in [0, 0.1) is 11.0 Å². The fourth-order valence-electron chi connectivity index (χ4n) is 3.01. The third-order valence-corrected chi connectivity index (χ3v) is 6.08. The van der Waals surface area contributed by atoms with Crippen molar-refractivity contribution in [2.24, 2.45) is 5.28 Å². The van der Waals surface area contributed by atoms with Gasteiger partial charge in [-0.2, -0.15) is 5.10 Å². The molecule has 0 spiro atoms. The summed E-state index contributed by atoms with van der Waals surface area (Å²) in [5, 5.41) is 20.3. The van der Waals surface area contributed by atoms with E-state index in [1.165, 1.54) is 73.3 Å². The molecule has 13 nitrogen and oxygen atoms in total. The molecule has 0 saturated carbocycles. The van der Waals surface area contributed by atoms with Crippen LogP contribution in [-0.4, -0.2) is 73.4 Å². The first-order valence-electron chi connectivity index (χ1n) is 10.9. The molecule has 3 aromatic rings. The van der Waals surface area contributed by atoms with Gasteiger partial charge in [-0.3, -0.25) is 4.79 Å². The Morgan fingerprint density at radius 2 is 1.79 bits per heavy atom. The van der Waals surface area contributed by atoms with Gasteiger partial charge in [0.05, 0.1) is 28.3 Å². The van der Waals surface area contributed by atoms with Gasteiger partial charge in [-0.25, -0.2) is 22.3 Å². The molecule has 0 saturated heterocycles. The minimum atomic E-state index is -3.42. The van der Waals surface area contributed by atoms with Gasteiger partial charge in [0.2, 0.25) is 5.28 Å². The Hall–Kier alpha value is -4.53. The van der Waals surface area contributed by atoms with Gasteiger partial charge in [-0.05, 0) is 54.6 Å². The van der Waals surface area contributed by atoms with Crippen LogP contribution >= 0.6 is 0 Å². The van der Waals surface area contributed by atoms with Crippen LogP contribution in [0.4, 0.5) is 4.39 Å². The van der Waals surface area contributed by atoms with E-state index in [-0.39, 0.29) is 28.7 Å². The molecule has 0 radical (unpaired) electrons. The SMILES string of the molecule is CC(=O)OCO/N=[N+](\[O-])N(C)CCOC(=O)c1cc(-c2ccc(F)cc2)n(-c2ccc(S(C)(=O)=O)cc2)n1. The van der Waals surface area contributed by atoms with Crippen molar-refractivity contribution in [2.75, 3.05) is 33.2 Å². The second-order valence-corrected chi connectivity index (χ2v) is 9.85. The number of rotatable bonds is 11. The molecule has 2 aromatic carbocycles. The Balaban J connectivity index is 1.75. The molecule has 0 aliphatic rings. The van der Waals surface area contributed by atoms with Crippen molar-refractivity contribution in [1.82, 2.24) is 14.8 Å². The van der Waals surface area contributed by atoms with Crippen molar-refractivity contribution in [3.8, 4) is 16.9 Å². The normalized spacial score (nSPS) is 11.6. The van der Waals surface area contributed by atoms with Gasteiger partial charge in [0, 0.05) is 18.7 Å². The van der Waals surface area contributed by atoms with Crippen molar-refractivity contribution < 1.29 is 41.7 Å². The number of hydrazine groups is 1. The quantitative estimate of drug-likeness (QED) is 0.0870. The highest BCUT2D eigenvalue weighted by Gasteiger charge is 2.19. The number of carbonyl (C=O) groups excluding carboxylic acids is 2. The second-order valence-electron chi connectivity index (χ2n) is 7.83. The fourth-order valence-corrected chi connectivity index (χ4v) is 3.64. The maximum atomic E-state index is 13.5. The zero-order valence-corrected chi connectivity index (χ0v) is 21.4. The number of nitrogens with zero attached hydrogens (tertiary/aromatic N) is 5. The molecule has 0 atom stereocenters. The molecule has 1 heterocycles. The molecule has 0 bridgehead atoms. The number of aromatic nitrogens is 2. The van der Waals surface area contributed by atoms with Crippen LogP contribution in [0.25, 0.3) is 16.9 Å². The van der Waals surface area contributed by atoms with E-state index in [0.29, 0.717) is 16.9 Å². The summed E-state index contributed by atoms with van der Waals surface area (Å²) in [4.78, 5) is 28.1. The third kappa shape index (κ3) is 7.49. The van der Waals surface area contributed by atoms with E-state index >= 15 is 0 Å². The maximum Gasteiger partial charge on any atom is 0.358 e. The molecule has 0 aliphatic carbocycles. The minimum absolute atomic E-state index is 0.0614. The molecular formula is C23H24FN5O8S. The van der Waals surface area contributed by atoms with Gasteiger partial charge in [-0.15, -0.1) is 5.01 Å². The van der Waals surface area contributed by atoms with Crippen LogP contribution in [0.15, 0.2) is 64.8 Å².